The molecule has 4 rings (SSSR count). The van der Waals surface area contributed by atoms with Crippen molar-refractivity contribution in [3.63, 3.8) is 0 Å². The van der Waals surface area contributed by atoms with Gasteiger partial charge in [0.1, 0.15) is 11.8 Å². The zero-order valence-electron chi connectivity index (χ0n) is 17.4. The van der Waals surface area contributed by atoms with E-state index in [2.05, 4.69) is 5.32 Å². The molecule has 2 amide bonds. The van der Waals surface area contributed by atoms with Crippen molar-refractivity contribution in [2.24, 2.45) is 0 Å². The molecule has 0 saturated carbocycles. The van der Waals surface area contributed by atoms with Gasteiger partial charge in [0, 0.05) is 18.7 Å². The van der Waals surface area contributed by atoms with Crippen LogP contribution in [0.2, 0.25) is 0 Å². The molecular formula is C25H22F2N2O3. The SMILES string of the molecule is Cc1c(O)ccc2c1C(=O)N(Cc1ccc(F)c(F)c1)C2C(=O)NCCc1ccccc1. The maximum Gasteiger partial charge on any atom is 0.255 e. The third-order valence-corrected chi connectivity index (χ3v) is 5.69. The first-order valence-corrected chi connectivity index (χ1v) is 10.3. The van der Waals surface area contributed by atoms with E-state index in [1.165, 1.54) is 17.0 Å². The first-order chi connectivity index (χ1) is 15.4. The van der Waals surface area contributed by atoms with Gasteiger partial charge in [-0.15, -0.1) is 0 Å². The summed E-state index contributed by atoms with van der Waals surface area (Å²) in [6.07, 6.45) is 0.623. The minimum Gasteiger partial charge on any atom is -0.508 e. The van der Waals surface area contributed by atoms with Crippen molar-refractivity contribution in [1.29, 1.82) is 0 Å². The Hall–Kier alpha value is -3.74. The Labute approximate surface area is 184 Å². The number of nitrogens with zero attached hydrogens (tertiary/aromatic N) is 1. The van der Waals surface area contributed by atoms with Crippen molar-refractivity contribution in [3.05, 3.63) is 100 Å². The lowest BCUT2D eigenvalue weighted by atomic mass is 9.99. The lowest BCUT2D eigenvalue weighted by molar-refractivity contribution is -0.125. The molecule has 0 spiro atoms. The summed E-state index contributed by atoms with van der Waals surface area (Å²) in [6.45, 7) is 1.90. The third-order valence-electron chi connectivity index (χ3n) is 5.69. The van der Waals surface area contributed by atoms with Crippen LogP contribution in [-0.4, -0.2) is 28.4 Å². The van der Waals surface area contributed by atoms with Crippen LogP contribution < -0.4 is 5.32 Å². The van der Waals surface area contributed by atoms with Crippen molar-refractivity contribution >= 4 is 11.8 Å². The van der Waals surface area contributed by atoms with E-state index in [-0.39, 0.29) is 23.8 Å². The molecule has 1 unspecified atom stereocenters. The fraction of sp³-hybridized carbons (Fsp3) is 0.200. The molecule has 0 aliphatic carbocycles. The van der Waals surface area contributed by atoms with Gasteiger partial charge in [-0.1, -0.05) is 42.5 Å². The van der Waals surface area contributed by atoms with Crippen LogP contribution >= 0.6 is 0 Å². The molecule has 0 radical (unpaired) electrons. The van der Waals surface area contributed by atoms with Crippen LogP contribution in [0.5, 0.6) is 5.75 Å². The zero-order valence-corrected chi connectivity index (χ0v) is 17.4. The Morgan fingerprint density at radius 3 is 2.50 bits per heavy atom. The second kappa shape index (κ2) is 8.78. The number of amides is 2. The quantitative estimate of drug-likeness (QED) is 0.613. The normalized spacial score (nSPS) is 15.0. The van der Waals surface area contributed by atoms with Gasteiger partial charge in [-0.05, 0) is 48.2 Å². The number of rotatable bonds is 6. The van der Waals surface area contributed by atoms with Gasteiger partial charge in [-0.3, -0.25) is 9.59 Å². The van der Waals surface area contributed by atoms with E-state index in [0.717, 1.165) is 17.7 Å². The average molecular weight is 436 g/mol. The number of nitrogens with one attached hydrogen (secondary N) is 1. The van der Waals surface area contributed by atoms with Gasteiger partial charge in [-0.25, -0.2) is 8.78 Å². The van der Waals surface area contributed by atoms with Crippen molar-refractivity contribution in [1.82, 2.24) is 10.2 Å². The lowest BCUT2D eigenvalue weighted by Crippen LogP contribution is -2.39. The highest BCUT2D eigenvalue weighted by Crippen LogP contribution is 2.39. The number of hydrogen-bond acceptors (Lipinski definition) is 3. The fourth-order valence-corrected chi connectivity index (χ4v) is 4.01. The van der Waals surface area contributed by atoms with E-state index >= 15 is 0 Å². The van der Waals surface area contributed by atoms with Gasteiger partial charge >= 0.3 is 0 Å². The summed E-state index contributed by atoms with van der Waals surface area (Å²) in [7, 11) is 0. The molecule has 7 heteroatoms. The number of fused-ring (bicyclic) bond motifs is 1. The third kappa shape index (κ3) is 4.06. The van der Waals surface area contributed by atoms with Crippen LogP contribution in [0.25, 0.3) is 0 Å². The van der Waals surface area contributed by atoms with E-state index in [0.29, 0.717) is 29.7 Å². The van der Waals surface area contributed by atoms with E-state index in [1.54, 1.807) is 13.0 Å². The van der Waals surface area contributed by atoms with Gasteiger partial charge in [-0.2, -0.15) is 0 Å². The zero-order chi connectivity index (χ0) is 22.8. The molecule has 1 heterocycles. The molecule has 0 saturated heterocycles. The molecule has 5 nitrogen and oxygen atoms in total. The predicted octanol–water partition coefficient (Wildman–Crippen LogP) is 4.03. The van der Waals surface area contributed by atoms with Gasteiger partial charge in [0.15, 0.2) is 11.6 Å². The topological polar surface area (TPSA) is 69.6 Å². The lowest BCUT2D eigenvalue weighted by Gasteiger charge is -2.25. The van der Waals surface area contributed by atoms with Crippen LogP contribution in [0.15, 0.2) is 60.7 Å². The van der Waals surface area contributed by atoms with Crippen LogP contribution in [0.3, 0.4) is 0 Å². The number of hydrogen-bond donors (Lipinski definition) is 2. The molecule has 32 heavy (non-hydrogen) atoms. The Morgan fingerprint density at radius 1 is 1.03 bits per heavy atom. The second-order valence-corrected chi connectivity index (χ2v) is 7.78. The highest BCUT2D eigenvalue weighted by Gasteiger charge is 2.42. The standard InChI is InChI=1S/C25H22F2N2O3/c1-15-21(30)10-8-18-22(15)25(32)29(14-17-7-9-19(26)20(27)13-17)23(18)24(31)28-12-11-16-5-3-2-4-6-16/h2-10,13,23,30H,11-12,14H2,1H3,(H,28,31). The number of aromatic hydroxyl groups is 1. The molecule has 1 atom stereocenters. The molecule has 3 aromatic rings. The molecule has 0 aromatic heterocycles. The fourth-order valence-electron chi connectivity index (χ4n) is 4.01. The minimum absolute atomic E-state index is 0.0463. The minimum atomic E-state index is -1.02. The monoisotopic (exact) mass is 436 g/mol. The van der Waals surface area contributed by atoms with Crippen molar-refractivity contribution < 1.29 is 23.5 Å². The molecule has 0 bridgehead atoms. The van der Waals surface area contributed by atoms with Crippen LogP contribution in [0.1, 0.15) is 38.7 Å². The number of benzene rings is 3. The van der Waals surface area contributed by atoms with E-state index in [4.69, 9.17) is 0 Å². The largest absolute Gasteiger partial charge is 0.508 e. The number of carbonyl (C=O) groups excluding carboxylic acids is 2. The van der Waals surface area contributed by atoms with Gasteiger partial charge in [0.2, 0.25) is 5.91 Å². The molecule has 3 aromatic carbocycles. The molecule has 1 aliphatic rings. The summed E-state index contributed by atoms with van der Waals surface area (Å²) in [5, 5.41) is 12.9. The Balaban J connectivity index is 1.61. The highest BCUT2D eigenvalue weighted by molar-refractivity contribution is 6.06. The van der Waals surface area contributed by atoms with E-state index in [9.17, 15) is 23.5 Å². The summed E-state index contributed by atoms with van der Waals surface area (Å²) < 4.78 is 27.1. The van der Waals surface area contributed by atoms with Crippen LogP contribution in [-0.2, 0) is 17.8 Å². The first-order valence-electron chi connectivity index (χ1n) is 10.3. The second-order valence-electron chi connectivity index (χ2n) is 7.78. The maximum atomic E-state index is 13.7. The average Bonchev–Trinajstić information content (AvgIpc) is 3.06. The summed E-state index contributed by atoms with van der Waals surface area (Å²) in [6, 6.07) is 15.1. The molecular weight excluding hydrogens is 414 g/mol. The Kier molecular flexibility index (Phi) is 5.90. The molecule has 2 N–H and O–H groups in total. The molecule has 1 aliphatic heterocycles. The number of phenolic OH excluding ortho intramolecular Hbond substituents is 1. The first kappa shape index (κ1) is 21.5. The number of halogens is 2. The number of phenols is 1. The van der Waals surface area contributed by atoms with E-state index < -0.39 is 23.6 Å². The maximum absolute atomic E-state index is 13.7. The summed E-state index contributed by atoms with van der Waals surface area (Å²) in [5.74, 6) is -2.87. The Bertz CT molecular complexity index is 1180. The summed E-state index contributed by atoms with van der Waals surface area (Å²) >= 11 is 0. The molecule has 0 fully saturated rings. The van der Waals surface area contributed by atoms with Gasteiger partial charge in [0.05, 0.1) is 5.56 Å². The van der Waals surface area contributed by atoms with Crippen molar-refractivity contribution in [2.75, 3.05) is 6.54 Å². The summed E-state index contributed by atoms with van der Waals surface area (Å²) in [4.78, 5) is 27.7. The Morgan fingerprint density at radius 2 is 1.78 bits per heavy atom. The smallest absolute Gasteiger partial charge is 0.255 e. The van der Waals surface area contributed by atoms with Gasteiger partial charge < -0.3 is 15.3 Å². The van der Waals surface area contributed by atoms with Crippen molar-refractivity contribution in [3.8, 4) is 5.75 Å². The van der Waals surface area contributed by atoms with Gasteiger partial charge in [0.25, 0.3) is 5.91 Å². The predicted molar refractivity (Wildman–Crippen MR) is 115 cm³/mol. The van der Waals surface area contributed by atoms with E-state index in [1.807, 2.05) is 30.3 Å². The highest BCUT2D eigenvalue weighted by atomic mass is 19.2. The van der Waals surface area contributed by atoms with Crippen molar-refractivity contribution in [2.45, 2.75) is 25.9 Å². The molecule has 164 valence electrons. The van der Waals surface area contributed by atoms with Crippen LogP contribution in [0.4, 0.5) is 8.78 Å². The summed E-state index contributed by atoms with van der Waals surface area (Å²) in [5.41, 5.74) is 2.53. The number of carbonyl (C=O) groups is 2. The van der Waals surface area contributed by atoms with Crippen LogP contribution in [0, 0.1) is 18.6 Å².